The van der Waals surface area contributed by atoms with Crippen molar-refractivity contribution in [3.05, 3.63) is 12.4 Å². The molecule has 1 N–H and O–H groups in total. The molecule has 2 atom stereocenters. The minimum atomic E-state index is -0.218. The number of carbonyl (C=O) groups is 1. The van der Waals surface area contributed by atoms with Crippen molar-refractivity contribution >= 4 is 12.2 Å². The highest BCUT2D eigenvalue weighted by Crippen LogP contribution is 2.13. The second kappa shape index (κ2) is 6.12. The highest BCUT2D eigenvalue weighted by Gasteiger charge is 2.23. The number of nitrogens with zero attached hydrogens (tertiary/aromatic N) is 3. The van der Waals surface area contributed by atoms with Gasteiger partial charge in [0.2, 0.25) is 0 Å². The van der Waals surface area contributed by atoms with E-state index in [9.17, 15) is 4.79 Å². The second-order valence-corrected chi connectivity index (χ2v) is 4.06. The van der Waals surface area contributed by atoms with Crippen molar-refractivity contribution in [1.82, 2.24) is 9.80 Å². The van der Waals surface area contributed by atoms with Gasteiger partial charge in [-0.25, -0.2) is 0 Å². The average molecular weight is 241 g/mol. The molecule has 0 fully saturated rings. The molecule has 2 unspecified atom stereocenters. The van der Waals surface area contributed by atoms with E-state index >= 15 is 0 Å². The lowest BCUT2D eigenvalue weighted by molar-refractivity contribution is -0.152. The van der Waals surface area contributed by atoms with Gasteiger partial charge in [0.15, 0.2) is 6.73 Å². The van der Waals surface area contributed by atoms with Gasteiger partial charge in [-0.3, -0.25) is 4.79 Å². The summed E-state index contributed by atoms with van der Waals surface area (Å²) in [6.07, 6.45) is 5.53. The van der Waals surface area contributed by atoms with E-state index in [0.29, 0.717) is 0 Å². The van der Waals surface area contributed by atoms with Crippen molar-refractivity contribution < 1.29 is 14.7 Å². The highest BCUT2D eigenvalue weighted by molar-refractivity contribution is 5.72. The van der Waals surface area contributed by atoms with Crippen LogP contribution in [-0.4, -0.2) is 47.1 Å². The lowest BCUT2D eigenvalue weighted by atomic mass is 10.1. The number of oxime groups is 1. The molecule has 6 nitrogen and oxygen atoms in total. The number of hydrogen-bond donors (Lipinski definition) is 1. The summed E-state index contributed by atoms with van der Waals surface area (Å²) in [4.78, 5) is 15.1. The molecule has 0 amide bonds. The summed E-state index contributed by atoms with van der Waals surface area (Å²) in [7, 11) is 1.85. The largest absolute Gasteiger partial charge is 0.444 e. The van der Waals surface area contributed by atoms with E-state index in [4.69, 9.17) is 9.94 Å². The Balaban J connectivity index is 2.46. The maximum absolute atomic E-state index is 11.5. The van der Waals surface area contributed by atoms with Gasteiger partial charge in [0, 0.05) is 19.4 Å². The van der Waals surface area contributed by atoms with E-state index in [0.717, 1.165) is 6.42 Å². The van der Waals surface area contributed by atoms with E-state index in [2.05, 4.69) is 5.16 Å². The van der Waals surface area contributed by atoms with Crippen molar-refractivity contribution in [3.63, 3.8) is 0 Å². The number of esters is 1. The van der Waals surface area contributed by atoms with Crippen LogP contribution in [0.4, 0.5) is 0 Å². The first-order valence-electron chi connectivity index (χ1n) is 5.60. The zero-order valence-electron chi connectivity index (χ0n) is 10.4. The third kappa shape index (κ3) is 3.37. The van der Waals surface area contributed by atoms with Crippen molar-refractivity contribution in [2.45, 2.75) is 26.4 Å². The molecule has 0 aromatic carbocycles. The number of rotatable bonds is 5. The van der Waals surface area contributed by atoms with Crippen LogP contribution in [-0.2, 0) is 9.53 Å². The first-order chi connectivity index (χ1) is 8.10. The molecule has 96 valence electrons. The van der Waals surface area contributed by atoms with Crippen LogP contribution >= 0.6 is 0 Å². The maximum atomic E-state index is 11.5. The fourth-order valence-electron chi connectivity index (χ4n) is 1.42. The number of carbonyl (C=O) groups excluding carboxylic acids is 1. The van der Waals surface area contributed by atoms with Gasteiger partial charge in [-0.05, 0) is 6.42 Å². The summed E-state index contributed by atoms with van der Waals surface area (Å²) < 4.78 is 5.17. The van der Waals surface area contributed by atoms with Crippen LogP contribution in [0.25, 0.3) is 0 Å². The van der Waals surface area contributed by atoms with E-state index < -0.39 is 0 Å². The van der Waals surface area contributed by atoms with Gasteiger partial charge >= 0.3 is 5.97 Å². The Bertz CT molecular complexity index is 317. The zero-order valence-corrected chi connectivity index (χ0v) is 10.4. The van der Waals surface area contributed by atoms with Crippen LogP contribution in [0.2, 0.25) is 0 Å². The number of hydrogen-bond acceptors (Lipinski definition) is 6. The first kappa shape index (κ1) is 13.3. The summed E-state index contributed by atoms with van der Waals surface area (Å²) in [5.41, 5.74) is 0. The molecular formula is C11H19N3O3. The van der Waals surface area contributed by atoms with Crippen molar-refractivity contribution in [1.29, 1.82) is 0 Å². The molecule has 0 aromatic heterocycles. The zero-order chi connectivity index (χ0) is 12.8. The Kier molecular flexibility index (Phi) is 4.81. The normalized spacial score (nSPS) is 21.2. The Hall–Kier alpha value is -1.72. The molecule has 0 spiro atoms. The summed E-state index contributed by atoms with van der Waals surface area (Å²) in [6, 6.07) is 0. The Labute approximate surface area is 101 Å². The fraction of sp³-hybridized carbons (Fsp3) is 0.636. The van der Waals surface area contributed by atoms with Crippen LogP contribution in [0.3, 0.4) is 0 Å². The average Bonchev–Trinajstić information content (AvgIpc) is 2.67. The summed E-state index contributed by atoms with van der Waals surface area (Å²) >= 11 is 0. The van der Waals surface area contributed by atoms with Crippen molar-refractivity contribution in [2.24, 2.45) is 11.1 Å². The molecule has 1 rings (SSSR count). The Morgan fingerprint density at radius 3 is 2.94 bits per heavy atom. The lowest BCUT2D eigenvalue weighted by Gasteiger charge is -2.26. The highest BCUT2D eigenvalue weighted by atomic mass is 16.5. The summed E-state index contributed by atoms with van der Waals surface area (Å²) in [6.45, 7) is 3.93. The van der Waals surface area contributed by atoms with Gasteiger partial charge in [-0.1, -0.05) is 19.0 Å². The third-order valence-electron chi connectivity index (χ3n) is 2.82. The van der Waals surface area contributed by atoms with E-state index in [1.807, 2.05) is 32.0 Å². The van der Waals surface area contributed by atoms with Gasteiger partial charge in [0.25, 0.3) is 0 Å². The minimum Gasteiger partial charge on any atom is -0.444 e. The molecule has 1 aliphatic rings. The summed E-state index contributed by atoms with van der Waals surface area (Å²) in [5, 5.41) is 11.6. The minimum absolute atomic E-state index is 0.0933. The smallest absolute Gasteiger partial charge is 0.310 e. The third-order valence-corrected chi connectivity index (χ3v) is 2.82. The molecule has 1 aliphatic heterocycles. The molecule has 6 heteroatoms. The second-order valence-electron chi connectivity index (χ2n) is 4.06. The van der Waals surface area contributed by atoms with Crippen LogP contribution in [0.1, 0.15) is 20.3 Å². The molecule has 0 aliphatic carbocycles. The fourth-order valence-corrected chi connectivity index (χ4v) is 1.42. The predicted molar refractivity (Wildman–Crippen MR) is 63.2 cm³/mol. The predicted octanol–water partition coefficient (Wildman–Crippen LogP) is 1.04. The monoisotopic (exact) mass is 241 g/mol. The molecule has 0 bridgehead atoms. The molecule has 0 saturated heterocycles. The van der Waals surface area contributed by atoms with Crippen LogP contribution in [0.5, 0.6) is 0 Å². The lowest BCUT2D eigenvalue weighted by Crippen LogP contribution is -2.39. The standard InChI is InChI=1S/C11H19N3O3/c1-4-9(2)11(15)17-8-14-6-5-13(3)10(14)7-12-16/h5-7,9-10,16H,4,8H2,1-3H3/b12-7-. The Morgan fingerprint density at radius 2 is 2.35 bits per heavy atom. The first-order valence-corrected chi connectivity index (χ1v) is 5.60. The van der Waals surface area contributed by atoms with Crippen LogP contribution < -0.4 is 0 Å². The van der Waals surface area contributed by atoms with Gasteiger partial charge in [0.1, 0.15) is 6.17 Å². The quantitative estimate of drug-likeness (QED) is 0.337. The molecule has 0 aromatic rings. The topological polar surface area (TPSA) is 65.4 Å². The van der Waals surface area contributed by atoms with E-state index in [-0.39, 0.29) is 24.8 Å². The molecule has 1 heterocycles. The SMILES string of the molecule is CCC(C)C(=O)OCN1C=CN(C)C1/C=N\O. The van der Waals surface area contributed by atoms with E-state index in [1.165, 1.54) is 6.21 Å². The maximum Gasteiger partial charge on any atom is 0.310 e. The van der Waals surface area contributed by atoms with Gasteiger partial charge < -0.3 is 19.7 Å². The Morgan fingerprint density at radius 1 is 1.65 bits per heavy atom. The van der Waals surface area contributed by atoms with E-state index in [1.54, 1.807) is 11.1 Å². The molecular weight excluding hydrogens is 222 g/mol. The molecule has 17 heavy (non-hydrogen) atoms. The summed E-state index contributed by atoms with van der Waals surface area (Å²) in [5.74, 6) is -0.306. The molecule has 0 radical (unpaired) electrons. The molecule has 0 saturated carbocycles. The van der Waals surface area contributed by atoms with Crippen LogP contribution in [0.15, 0.2) is 17.6 Å². The van der Waals surface area contributed by atoms with Gasteiger partial charge in [0.05, 0.1) is 12.1 Å². The van der Waals surface area contributed by atoms with Crippen molar-refractivity contribution in [3.8, 4) is 0 Å². The van der Waals surface area contributed by atoms with Crippen molar-refractivity contribution in [2.75, 3.05) is 13.8 Å². The van der Waals surface area contributed by atoms with Gasteiger partial charge in [-0.2, -0.15) is 0 Å². The van der Waals surface area contributed by atoms with Gasteiger partial charge in [-0.15, -0.1) is 0 Å². The number of ether oxygens (including phenoxy) is 1. The van der Waals surface area contributed by atoms with Crippen LogP contribution in [0, 0.1) is 5.92 Å².